The standard InChI is InChI=1S/C23H22F3N3O3/c1-11-7-14(13-4-3-12(24)8-19(13)32-2)15(10-23(11,25)26)17-9-18(30)20-16(29-17)5-6-28-21(20)22(27)31/h3-6,8-9,11,14-15H,7,10H2,1-2H3,(H2,27,31)(H,29,30)/t11-,14?,15?/m0/s1. The van der Waals surface area contributed by atoms with Crippen LogP contribution in [0.15, 0.2) is 41.3 Å². The van der Waals surface area contributed by atoms with Crippen molar-refractivity contribution in [2.45, 2.75) is 37.5 Å². The summed E-state index contributed by atoms with van der Waals surface area (Å²) >= 11 is 0. The molecule has 32 heavy (non-hydrogen) atoms. The average Bonchev–Trinajstić information content (AvgIpc) is 2.74. The van der Waals surface area contributed by atoms with Gasteiger partial charge >= 0.3 is 0 Å². The summed E-state index contributed by atoms with van der Waals surface area (Å²) in [4.78, 5) is 31.5. The van der Waals surface area contributed by atoms with Crippen molar-refractivity contribution >= 4 is 16.8 Å². The number of H-pyrrole nitrogens is 1. The molecule has 1 aromatic carbocycles. The summed E-state index contributed by atoms with van der Waals surface area (Å²) in [5.41, 5.74) is 5.77. The van der Waals surface area contributed by atoms with E-state index in [9.17, 15) is 22.8 Å². The third-order valence-corrected chi connectivity index (χ3v) is 6.30. The van der Waals surface area contributed by atoms with Crippen molar-refractivity contribution in [1.82, 2.24) is 9.97 Å². The summed E-state index contributed by atoms with van der Waals surface area (Å²) < 4.78 is 48.7. The summed E-state index contributed by atoms with van der Waals surface area (Å²) in [7, 11) is 1.39. The Bertz CT molecular complexity index is 1260. The first kappa shape index (κ1) is 21.9. The highest BCUT2D eigenvalue weighted by molar-refractivity contribution is 6.03. The predicted octanol–water partition coefficient (Wildman–Crippen LogP) is 4.10. The molecule has 2 unspecified atom stereocenters. The lowest BCUT2D eigenvalue weighted by Crippen LogP contribution is -2.38. The molecular weight excluding hydrogens is 423 g/mol. The molecule has 1 amide bonds. The number of ether oxygens (including phenoxy) is 1. The van der Waals surface area contributed by atoms with Gasteiger partial charge in [0.25, 0.3) is 11.8 Å². The molecule has 2 aromatic heterocycles. The molecule has 2 heterocycles. The second-order valence-corrected chi connectivity index (χ2v) is 8.24. The number of aromatic amines is 1. The molecule has 9 heteroatoms. The van der Waals surface area contributed by atoms with Gasteiger partial charge in [0.1, 0.15) is 17.3 Å². The molecule has 4 rings (SSSR count). The molecule has 3 N–H and O–H groups in total. The number of fused-ring (bicyclic) bond motifs is 1. The molecule has 0 saturated heterocycles. The van der Waals surface area contributed by atoms with Crippen molar-refractivity contribution in [1.29, 1.82) is 0 Å². The van der Waals surface area contributed by atoms with E-state index in [1.807, 2.05) is 0 Å². The lowest BCUT2D eigenvalue weighted by atomic mass is 9.68. The number of benzene rings is 1. The van der Waals surface area contributed by atoms with Crippen LogP contribution in [-0.4, -0.2) is 28.9 Å². The van der Waals surface area contributed by atoms with Crippen molar-refractivity contribution in [2.75, 3.05) is 7.11 Å². The monoisotopic (exact) mass is 445 g/mol. The Hall–Kier alpha value is -3.36. The maximum atomic E-state index is 14.8. The first-order valence-corrected chi connectivity index (χ1v) is 10.2. The van der Waals surface area contributed by atoms with Crippen LogP contribution in [0, 0.1) is 11.7 Å². The third-order valence-electron chi connectivity index (χ3n) is 6.30. The van der Waals surface area contributed by atoms with Gasteiger partial charge in [-0.15, -0.1) is 0 Å². The van der Waals surface area contributed by atoms with Crippen LogP contribution in [0.1, 0.15) is 53.3 Å². The molecule has 6 nitrogen and oxygen atoms in total. The zero-order valence-electron chi connectivity index (χ0n) is 17.5. The van der Waals surface area contributed by atoms with Gasteiger partial charge < -0.3 is 15.5 Å². The van der Waals surface area contributed by atoms with Gasteiger partial charge in [0, 0.05) is 42.3 Å². The van der Waals surface area contributed by atoms with Crippen LogP contribution in [-0.2, 0) is 0 Å². The molecular formula is C23H22F3N3O3. The molecule has 1 aliphatic carbocycles. The number of methoxy groups -OCH3 is 1. The lowest BCUT2D eigenvalue weighted by molar-refractivity contribution is -0.0906. The third kappa shape index (κ3) is 3.72. The summed E-state index contributed by atoms with van der Waals surface area (Å²) in [6.45, 7) is 1.48. The molecule has 1 fully saturated rings. The van der Waals surface area contributed by atoms with E-state index < -0.39 is 47.3 Å². The predicted molar refractivity (Wildman–Crippen MR) is 113 cm³/mol. The molecule has 3 aromatic rings. The van der Waals surface area contributed by atoms with Gasteiger partial charge in [-0.05, 0) is 30.0 Å². The maximum Gasteiger partial charge on any atom is 0.268 e. The quantitative estimate of drug-likeness (QED) is 0.632. The fraction of sp³-hybridized carbons (Fsp3) is 0.348. The normalized spacial score (nSPS) is 22.6. The van der Waals surface area contributed by atoms with Crippen molar-refractivity contribution in [3.05, 3.63) is 69.5 Å². The second-order valence-electron chi connectivity index (χ2n) is 8.24. The highest BCUT2D eigenvalue weighted by atomic mass is 19.3. The van der Waals surface area contributed by atoms with Crippen LogP contribution in [0.2, 0.25) is 0 Å². The van der Waals surface area contributed by atoms with Crippen molar-refractivity contribution in [3.8, 4) is 5.75 Å². The molecule has 1 aliphatic rings. The number of alkyl halides is 2. The van der Waals surface area contributed by atoms with E-state index in [4.69, 9.17) is 10.5 Å². The number of carbonyl (C=O) groups excluding carboxylic acids is 1. The van der Waals surface area contributed by atoms with E-state index >= 15 is 0 Å². The molecule has 0 spiro atoms. The summed E-state index contributed by atoms with van der Waals surface area (Å²) in [6.07, 6.45) is 0.928. The Morgan fingerprint density at radius 2 is 2.00 bits per heavy atom. The Balaban J connectivity index is 1.89. The number of pyridine rings is 2. The Labute approximate surface area is 181 Å². The number of primary amides is 1. The first-order valence-electron chi connectivity index (χ1n) is 10.2. The summed E-state index contributed by atoms with van der Waals surface area (Å²) in [5.74, 6) is -6.20. The Kier molecular flexibility index (Phi) is 5.44. The smallest absolute Gasteiger partial charge is 0.268 e. The second kappa shape index (κ2) is 7.96. The molecule has 0 radical (unpaired) electrons. The summed E-state index contributed by atoms with van der Waals surface area (Å²) in [5, 5.41) is 0.00982. The number of nitrogens with zero attached hydrogens (tertiary/aromatic N) is 1. The topological polar surface area (TPSA) is 98.1 Å². The fourth-order valence-corrected chi connectivity index (χ4v) is 4.62. The largest absolute Gasteiger partial charge is 0.496 e. The molecule has 1 saturated carbocycles. The van der Waals surface area contributed by atoms with Gasteiger partial charge in [0.05, 0.1) is 18.0 Å². The Morgan fingerprint density at radius 3 is 2.69 bits per heavy atom. The van der Waals surface area contributed by atoms with Crippen LogP contribution in [0.3, 0.4) is 0 Å². The van der Waals surface area contributed by atoms with Crippen LogP contribution in [0.5, 0.6) is 5.75 Å². The van der Waals surface area contributed by atoms with E-state index in [1.54, 1.807) is 0 Å². The Morgan fingerprint density at radius 1 is 1.25 bits per heavy atom. The number of amides is 1. The van der Waals surface area contributed by atoms with E-state index in [0.717, 1.165) is 0 Å². The van der Waals surface area contributed by atoms with Crippen molar-refractivity contribution < 1.29 is 22.7 Å². The number of nitrogens with two attached hydrogens (primary N) is 1. The number of nitrogens with one attached hydrogen (secondary N) is 1. The minimum atomic E-state index is -2.96. The van der Waals surface area contributed by atoms with E-state index in [-0.39, 0.29) is 28.8 Å². The summed E-state index contributed by atoms with van der Waals surface area (Å²) in [6, 6.07) is 6.73. The van der Waals surface area contributed by atoms with Gasteiger partial charge in [0.2, 0.25) is 0 Å². The molecule has 0 aliphatic heterocycles. The zero-order chi connectivity index (χ0) is 23.2. The van der Waals surface area contributed by atoms with Gasteiger partial charge in [-0.1, -0.05) is 13.0 Å². The minimum Gasteiger partial charge on any atom is -0.496 e. The van der Waals surface area contributed by atoms with Crippen LogP contribution < -0.4 is 15.9 Å². The van der Waals surface area contributed by atoms with Crippen molar-refractivity contribution in [2.24, 2.45) is 11.7 Å². The van der Waals surface area contributed by atoms with E-state index in [1.165, 1.54) is 50.6 Å². The maximum absolute atomic E-state index is 14.8. The van der Waals surface area contributed by atoms with Crippen molar-refractivity contribution in [3.63, 3.8) is 0 Å². The number of aromatic nitrogens is 2. The van der Waals surface area contributed by atoms with Gasteiger partial charge in [-0.2, -0.15) is 0 Å². The number of hydrogen-bond acceptors (Lipinski definition) is 4. The SMILES string of the molecule is COc1cc(F)ccc1C1C[C@H](C)C(F)(F)CC1c1cc(=O)c2c(C(N)=O)nccc2[nH]1. The highest BCUT2D eigenvalue weighted by Gasteiger charge is 2.48. The van der Waals surface area contributed by atoms with E-state index in [0.29, 0.717) is 11.3 Å². The number of carbonyl (C=O) groups is 1. The number of rotatable bonds is 4. The van der Waals surface area contributed by atoms with E-state index in [2.05, 4.69) is 9.97 Å². The fourth-order valence-electron chi connectivity index (χ4n) is 4.62. The highest BCUT2D eigenvalue weighted by Crippen LogP contribution is 2.53. The van der Waals surface area contributed by atoms with Gasteiger partial charge in [0.15, 0.2) is 5.43 Å². The first-order chi connectivity index (χ1) is 15.1. The zero-order valence-corrected chi connectivity index (χ0v) is 17.5. The van der Waals surface area contributed by atoms with Crippen LogP contribution in [0.25, 0.3) is 10.9 Å². The molecule has 0 bridgehead atoms. The number of halogens is 3. The lowest BCUT2D eigenvalue weighted by Gasteiger charge is -2.40. The van der Waals surface area contributed by atoms with Gasteiger partial charge in [-0.25, -0.2) is 13.2 Å². The average molecular weight is 445 g/mol. The molecule has 168 valence electrons. The number of hydrogen-bond donors (Lipinski definition) is 2. The molecule has 3 atom stereocenters. The van der Waals surface area contributed by atoms with Crippen LogP contribution >= 0.6 is 0 Å². The van der Waals surface area contributed by atoms with Gasteiger partial charge in [-0.3, -0.25) is 14.6 Å². The minimum absolute atomic E-state index is 0.00982. The van der Waals surface area contributed by atoms with Crippen LogP contribution in [0.4, 0.5) is 13.2 Å².